The van der Waals surface area contributed by atoms with E-state index >= 15 is 0 Å². The minimum Gasteiger partial charge on any atom is -0.0835 e. The molecule has 0 saturated carbocycles. The van der Waals surface area contributed by atoms with Crippen LogP contribution in [-0.4, -0.2) is 0 Å². The Hall–Kier alpha value is -1.08. The van der Waals surface area contributed by atoms with Gasteiger partial charge in [-0.15, -0.1) is 0 Å². The van der Waals surface area contributed by atoms with Crippen LogP contribution in [-0.2, 0) is 19.3 Å². The lowest BCUT2D eigenvalue weighted by Crippen LogP contribution is -2.02. The summed E-state index contributed by atoms with van der Waals surface area (Å²) in [4.78, 5) is 0.388. The van der Waals surface area contributed by atoms with E-state index in [4.69, 9.17) is 0 Å². The fraction of sp³-hybridized carbons (Fsp3) is 0.400. The third-order valence-electron chi connectivity index (χ3n) is 4.24. The highest BCUT2D eigenvalue weighted by Crippen LogP contribution is 2.32. The van der Waals surface area contributed by atoms with E-state index in [1.54, 1.807) is 0 Å². The summed E-state index contributed by atoms with van der Waals surface area (Å²) in [6.07, 6.45) is 3.24. The molecule has 0 spiro atoms. The predicted molar refractivity (Wildman–Crippen MR) is 96.5 cm³/mol. The Morgan fingerprint density at radius 3 is 2.33 bits per heavy atom. The Balaban J connectivity index is 2.31. The lowest BCUT2D eigenvalue weighted by molar-refractivity contribution is 0.906. The number of halogens is 1. The molecular weight excluding hydrogens is 320 g/mol. The molecule has 2 rings (SSSR count). The first-order valence-electron chi connectivity index (χ1n) is 7.87. The van der Waals surface area contributed by atoms with E-state index in [-0.39, 0.29) is 0 Å². The van der Waals surface area contributed by atoms with Crippen LogP contribution in [0.15, 0.2) is 36.4 Å². The van der Waals surface area contributed by atoms with E-state index in [0.717, 1.165) is 19.3 Å². The van der Waals surface area contributed by atoms with Crippen molar-refractivity contribution in [3.63, 3.8) is 0 Å². The minimum absolute atomic E-state index is 0.388. The Morgan fingerprint density at radius 2 is 1.67 bits per heavy atom. The van der Waals surface area contributed by atoms with Crippen LogP contribution < -0.4 is 0 Å². The van der Waals surface area contributed by atoms with Gasteiger partial charge in [0.05, 0.1) is 0 Å². The molecule has 112 valence electrons. The van der Waals surface area contributed by atoms with E-state index in [1.165, 1.54) is 33.4 Å². The van der Waals surface area contributed by atoms with Gasteiger partial charge in [0.1, 0.15) is 0 Å². The average molecular weight is 345 g/mol. The van der Waals surface area contributed by atoms with Crippen molar-refractivity contribution in [1.29, 1.82) is 0 Å². The van der Waals surface area contributed by atoms with Gasteiger partial charge in [-0.2, -0.15) is 0 Å². The maximum Gasteiger partial charge on any atom is 0.0438 e. The molecule has 0 amide bonds. The van der Waals surface area contributed by atoms with Crippen LogP contribution in [0.4, 0.5) is 0 Å². The van der Waals surface area contributed by atoms with Crippen LogP contribution in [0.2, 0.25) is 0 Å². The van der Waals surface area contributed by atoms with E-state index in [1.807, 2.05) is 0 Å². The zero-order valence-electron chi connectivity index (χ0n) is 13.5. The van der Waals surface area contributed by atoms with E-state index < -0.39 is 0 Å². The molecule has 1 atom stereocenters. The third-order valence-corrected chi connectivity index (χ3v) is 5.06. The molecule has 0 aromatic heterocycles. The molecule has 0 fully saturated rings. The number of alkyl halides is 1. The van der Waals surface area contributed by atoms with Crippen molar-refractivity contribution in [2.45, 2.75) is 51.8 Å². The van der Waals surface area contributed by atoms with Gasteiger partial charge in [0.2, 0.25) is 0 Å². The van der Waals surface area contributed by atoms with Crippen LogP contribution in [0.25, 0.3) is 0 Å². The molecule has 0 heterocycles. The molecule has 0 radical (unpaired) electrons. The van der Waals surface area contributed by atoms with Gasteiger partial charge in [-0.05, 0) is 60.9 Å². The highest BCUT2D eigenvalue weighted by molar-refractivity contribution is 9.09. The van der Waals surface area contributed by atoms with Gasteiger partial charge in [-0.1, -0.05) is 71.7 Å². The van der Waals surface area contributed by atoms with Crippen LogP contribution in [0.5, 0.6) is 0 Å². The van der Waals surface area contributed by atoms with Gasteiger partial charge in [0, 0.05) is 4.83 Å². The number of hydrogen-bond donors (Lipinski definition) is 0. The standard InChI is InChI=1S/C20H25Br/c1-5-16-9-10-17(6-2)19(12-16)20(21)13-18-11-14(3)7-8-15(18)4/h7-12,20H,5-6,13H2,1-4H3. The average Bonchev–Trinajstić information content (AvgIpc) is 2.50. The van der Waals surface area contributed by atoms with Gasteiger partial charge in [-0.25, -0.2) is 0 Å². The van der Waals surface area contributed by atoms with E-state index in [0.29, 0.717) is 4.83 Å². The van der Waals surface area contributed by atoms with E-state index in [2.05, 4.69) is 80.0 Å². The largest absolute Gasteiger partial charge is 0.0835 e. The fourth-order valence-electron chi connectivity index (χ4n) is 2.80. The Kier molecular flexibility index (Phi) is 5.64. The second-order valence-corrected chi connectivity index (χ2v) is 6.95. The molecule has 0 N–H and O–H groups in total. The van der Waals surface area contributed by atoms with Crippen molar-refractivity contribution in [3.05, 3.63) is 69.8 Å². The van der Waals surface area contributed by atoms with Gasteiger partial charge < -0.3 is 0 Å². The minimum atomic E-state index is 0.388. The molecule has 2 aromatic rings. The summed E-state index contributed by atoms with van der Waals surface area (Å²) in [6.45, 7) is 8.83. The SMILES string of the molecule is CCc1ccc(CC)c(C(Br)Cc2cc(C)ccc2C)c1. The van der Waals surface area contributed by atoms with Crippen molar-refractivity contribution >= 4 is 15.9 Å². The number of hydrogen-bond acceptors (Lipinski definition) is 0. The molecule has 0 aliphatic carbocycles. The molecular formula is C20H25Br. The first-order valence-corrected chi connectivity index (χ1v) is 8.78. The summed E-state index contributed by atoms with van der Waals surface area (Å²) in [5.41, 5.74) is 8.51. The molecule has 1 unspecified atom stereocenters. The van der Waals surface area contributed by atoms with Gasteiger partial charge in [-0.3, -0.25) is 0 Å². The Bertz CT molecular complexity index is 613. The number of rotatable bonds is 5. The van der Waals surface area contributed by atoms with E-state index in [9.17, 15) is 0 Å². The number of aryl methyl sites for hydroxylation is 4. The van der Waals surface area contributed by atoms with Crippen molar-refractivity contribution in [2.75, 3.05) is 0 Å². The summed E-state index contributed by atoms with van der Waals surface area (Å²) in [7, 11) is 0. The molecule has 0 aliphatic heterocycles. The number of benzene rings is 2. The fourth-order valence-corrected chi connectivity index (χ4v) is 3.58. The first-order chi connectivity index (χ1) is 10.0. The second-order valence-electron chi connectivity index (χ2n) is 5.84. The van der Waals surface area contributed by atoms with Gasteiger partial charge >= 0.3 is 0 Å². The summed E-state index contributed by atoms with van der Waals surface area (Å²) in [6, 6.07) is 13.7. The third kappa shape index (κ3) is 3.97. The zero-order chi connectivity index (χ0) is 15.4. The molecule has 0 nitrogen and oxygen atoms in total. The maximum absolute atomic E-state index is 3.94. The van der Waals surface area contributed by atoms with Crippen molar-refractivity contribution < 1.29 is 0 Å². The Morgan fingerprint density at radius 1 is 0.905 bits per heavy atom. The lowest BCUT2D eigenvalue weighted by Gasteiger charge is -2.17. The molecule has 0 saturated heterocycles. The van der Waals surface area contributed by atoms with Crippen molar-refractivity contribution in [2.24, 2.45) is 0 Å². The van der Waals surface area contributed by atoms with Crippen LogP contribution in [0.3, 0.4) is 0 Å². The van der Waals surface area contributed by atoms with Crippen LogP contribution >= 0.6 is 15.9 Å². The quantitative estimate of drug-likeness (QED) is 0.574. The molecule has 0 bridgehead atoms. The molecule has 0 aliphatic rings. The molecule has 1 heteroatoms. The van der Waals surface area contributed by atoms with Crippen molar-refractivity contribution in [3.8, 4) is 0 Å². The first kappa shape index (κ1) is 16.3. The molecule has 21 heavy (non-hydrogen) atoms. The lowest BCUT2D eigenvalue weighted by atomic mass is 9.93. The maximum atomic E-state index is 3.94. The smallest absolute Gasteiger partial charge is 0.0438 e. The second kappa shape index (κ2) is 7.26. The summed E-state index contributed by atoms with van der Waals surface area (Å²) < 4.78 is 0. The normalized spacial score (nSPS) is 12.4. The van der Waals surface area contributed by atoms with Crippen molar-refractivity contribution in [1.82, 2.24) is 0 Å². The van der Waals surface area contributed by atoms with Gasteiger partial charge in [0.15, 0.2) is 0 Å². The molecule has 2 aromatic carbocycles. The zero-order valence-corrected chi connectivity index (χ0v) is 15.1. The summed E-state index contributed by atoms with van der Waals surface area (Å²) in [5, 5.41) is 0. The Labute approximate surface area is 137 Å². The summed E-state index contributed by atoms with van der Waals surface area (Å²) >= 11 is 3.94. The highest BCUT2D eigenvalue weighted by atomic mass is 79.9. The predicted octanol–water partition coefficient (Wildman–Crippen LogP) is 6.11. The van der Waals surface area contributed by atoms with Gasteiger partial charge in [0.25, 0.3) is 0 Å². The monoisotopic (exact) mass is 344 g/mol. The van der Waals surface area contributed by atoms with Crippen LogP contribution in [0.1, 0.15) is 52.1 Å². The topological polar surface area (TPSA) is 0 Å². The summed E-state index contributed by atoms with van der Waals surface area (Å²) in [5.74, 6) is 0. The van der Waals surface area contributed by atoms with Crippen LogP contribution in [0, 0.1) is 13.8 Å². The highest BCUT2D eigenvalue weighted by Gasteiger charge is 2.14.